The first kappa shape index (κ1) is 20.9. The molecule has 0 aliphatic heterocycles. The highest BCUT2D eigenvalue weighted by Crippen LogP contribution is 2.47. The van der Waals surface area contributed by atoms with E-state index in [2.05, 4.69) is 40.4 Å². The number of ether oxygens (including phenoxy) is 3. The van der Waals surface area contributed by atoms with E-state index in [0.717, 1.165) is 5.57 Å². The number of hydrogen-bond donors (Lipinski definition) is 0. The molecule has 5 nitrogen and oxygen atoms in total. The smallest absolute Gasteiger partial charge is 0.323 e. The number of carbonyl (C=O) groups is 2. The van der Waals surface area contributed by atoms with Crippen molar-refractivity contribution in [3.05, 3.63) is 10.8 Å². The van der Waals surface area contributed by atoms with Gasteiger partial charge in [-0.2, -0.15) is 0 Å². The van der Waals surface area contributed by atoms with Crippen LogP contribution in [-0.2, 0) is 23.8 Å². The Hall–Kier alpha value is -1.14. The summed E-state index contributed by atoms with van der Waals surface area (Å²) in [6.07, 6.45) is 0.374. The van der Waals surface area contributed by atoms with Crippen LogP contribution in [0.15, 0.2) is 10.8 Å². The summed E-state index contributed by atoms with van der Waals surface area (Å²) < 4.78 is 16.0. The molecule has 1 unspecified atom stereocenters. The van der Waals surface area contributed by atoms with Gasteiger partial charge in [0.2, 0.25) is 0 Å². The third kappa shape index (κ3) is 4.28. The molecule has 24 heavy (non-hydrogen) atoms. The van der Waals surface area contributed by atoms with Crippen LogP contribution in [0.4, 0.5) is 0 Å². The van der Waals surface area contributed by atoms with Crippen LogP contribution in [0.2, 0.25) is 19.6 Å². The molecule has 1 aliphatic rings. The van der Waals surface area contributed by atoms with Crippen molar-refractivity contribution < 1.29 is 23.8 Å². The number of carbonyl (C=O) groups excluding carboxylic acids is 2. The summed E-state index contributed by atoms with van der Waals surface area (Å²) in [4.78, 5) is 24.9. The molecule has 6 heteroatoms. The quantitative estimate of drug-likeness (QED) is 0.415. The Balaban J connectivity index is 3.35. The molecule has 0 saturated heterocycles. The lowest BCUT2D eigenvalue weighted by Crippen LogP contribution is -2.39. The zero-order valence-electron chi connectivity index (χ0n) is 16.3. The monoisotopic (exact) mass is 356 g/mol. The third-order valence-electron chi connectivity index (χ3n) is 4.80. The standard InChI is InChI=1S/C18H32O5Si/c1-12(2)11-23-15-10-18(16(19)21-4,17(20)22-5)9-14(15)13(3)24(6,7)8/h12,15H,9-11H2,1-8H3/b14-13+. The summed E-state index contributed by atoms with van der Waals surface area (Å²) in [5.41, 5.74) is -0.216. The van der Waals surface area contributed by atoms with Gasteiger partial charge in [-0.25, -0.2) is 0 Å². The van der Waals surface area contributed by atoms with Crippen molar-refractivity contribution in [3.8, 4) is 0 Å². The van der Waals surface area contributed by atoms with Crippen LogP contribution in [0.1, 0.15) is 33.6 Å². The topological polar surface area (TPSA) is 61.8 Å². The fourth-order valence-corrected chi connectivity index (χ4v) is 4.27. The predicted octanol–water partition coefficient (Wildman–Crippen LogP) is 3.35. The number of methoxy groups -OCH3 is 2. The molecular weight excluding hydrogens is 324 g/mol. The molecule has 0 N–H and O–H groups in total. The first-order chi connectivity index (χ1) is 11.0. The highest BCUT2D eigenvalue weighted by molar-refractivity contribution is 6.83. The van der Waals surface area contributed by atoms with Gasteiger partial charge < -0.3 is 14.2 Å². The zero-order chi connectivity index (χ0) is 18.7. The molecule has 1 rings (SSSR count). The van der Waals surface area contributed by atoms with Crippen LogP contribution in [-0.4, -0.2) is 46.9 Å². The maximum Gasteiger partial charge on any atom is 0.323 e. The molecule has 0 aromatic heterocycles. The van der Waals surface area contributed by atoms with E-state index in [1.165, 1.54) is 19.4 Å². The van der Waals surface area contributed by atoms with Crippen molar-refractivity contribution in [2.24, 2.45) is 11.3 Å². The van der Waals surface area contributed by atoms with E-state index >= 15 is 0 Å². The van der Waals surface area contributed by atoms with Crippen molar-refractivity contribution in [1.82, 2.24) is 0 Å². The average Bonchev–Trinajstić information content (AvgIpc) is 2.90. The lowest BCUT2D eigenvalue weighted by molar-refractivity contribution is -0.169. The van der Waals surface area contributed by atoms with Crippen molar-refractivity contribution in [2.75, 3.05) is 20.8 Å². The Kier molecular flexibility index (Phi) is 6.81. The fraction of sp³-hybridized carbons (Fsp3) is 0.778. The van der Waals surface area contributed by atoms with Gasteiger partial charge in [-0.05, 0) is 24.8 Å². The highest BCUT2D eigenvalue weighted by atomic mass is 28.3. The van der Waals surface area contributed by atoms with Gasteiger partial charge in [-0.3, -0.25) is 9.59 Å². The first-order valence-corrected chi connectivity index (χ1v) is 12.0. The Bertz CT molecular complexity index is 500. The van der Waals surface area contributed by atoms with Crippen molar-refractivity contribution in [2.45, 2.75) is 59.4 Å². The second-order valence-electron chi connectivity index (χ2n) is 8.06. The van der Waals surface area contributed by atoms with Crippen LogP contribution in [0, 0.1) is 11.3 Å². The number of allylic oxidation sites excluding steroid dienone is 1. The molecular formula is C18H32O5Si. The summed E-state index contributed by atoms with van der Waals surface area (Å²) >= 11 is 0. The van der Waals surface area contributed by atoms with Gasteiger partial charge in [0.25, 0.3) is 0 Å². The fourth-order valence-electron chi connectivity index (χ4n) is 3.06. The third-order valence-corrected chi connectivity index (χ3v) is 7.38. The summed E-state index contributed by atoms with van der Waals surface area (Å²) in [6.45, 7) is 13.6. The van der Waals surface area contributed by atoms with Gasteiger partial charge >= 0.3 is 11.9 Å². The summed E-state index contributed by atoms with van der Waals surface area (Å²) in [6, 6.07) is 0. The van der Waals surface area contributed by atoms with Gasteiger partial charge in [0.1, 0.15) is 0 Å². The highest BCUT2D eigenvalue weighted by Gasteiger charge is 2.56. The molecule has 0 bridgehead atoms. The van der Waals surface area contributed by atoms with Gasteiger partial charge in [-0.1, -0.05) is 38.7 Å². The van der Waals surface area contributed by atoms with Crippen molar-refractivity contribution in [3.63, 3.8) is 0 Å². The molecule has 0 amide bonds. The van der Waals surface area contributed by atoms with E-state index in [0.29, 0.717) is 18.9 Å². The normalized spacial score (nSPS) is 22.5. The predicted molar refractivity (Wildman–Crippen MR) is 96.3 cm³/mol. The molecule has 0 heterocycles. The van der Waals surface area contributed by atoms with Gasteiger partial charge in [-0.15, -0.1) is 0 Å². The first-order valence-electron chi connectivity index (χ1n) is 8.48. The van der Waals surface area contributed by atoms with Crippen LogP contribution >= 0.6 is 0 Å². The molecule has 1 fully saturated rings. The summed E-state index contributed by atoms with van der Waals surface area (Å²) in [5, 5.41) is 1.28. The Morgan fingerprint density at radius 3 is 2.04 bits per heavy atom. The molecule has 1 saturated carbocycles. The molecule has 0 radical (unpaired) electrons. The van der Waals surface area contributed by atoms with Crippen LogP contribution in [0.5, 0.6) is 0 Å². The molecule has 0 spiro atoms. The van der Waals surface area contributed by atoms with Gasteiger partial charge in [0.05, 0.1) is 28.4 Å². The van der Waals surface area contributed by atoms with E-state index in [-0.39, 0.29) is 12.5 Å². The largest absolute Gasteiger partial charge is 0.468 e. The maximum atomic E-state index is 12.4. The maximum absolute atomic E-state index is 12.4. The average molecular weight is 357 g/mol. The minimum absolute atomic E-state index is 0.239. The number of esters is 2. The van der Waals surface area contributed by atoms with Crippen molar-refractivity contribution >= 4 is 20.0 Å². The summed E-state index contributed by atoms with van der Waals surface area (Å²) in [5.74, 6) is -0.693. The van der Waals surface area contributed by atoms with E-state index in [1.807, 2.05) is 0 Å². The lowest BCUT2D eigenvalue weighted by atomic mass is 9.86. The minimum atomic E-state index is -1.58. The lowest BCUT2D eigenvalue weighted by Gasteiger charge is -2.24. The van der Waals surface area contributed by atoms with E-state index in [4.69, 9.17) is 14.2 Å². The van der Waals surface area contributed by atoms with Crippen LogP contribution < -0.4 is 0 Å². The van der Waals surface area contributed by atoms with Crippen molar-refractivity contribution in [1.29, 1.82) is 0 Å². The van der Waals surface area contributed by atoms with E-state index in [1.54, 1.807) is 0 Å². The molecule has 1 atom stereocenters. The second kappa shape index (κ2) is 7.83. The number of hydrogen-bond acceptors (Lipinski definition) is 5. The molecule has 1 aliphatic carbocycles. The van der Waals surface area contributed by atoms with Crippen LogP contribution in [0.25, 0.3) is 0 Å². The Morgan fingerprint density at radius 2 is 1.67 bits per heavy atom. The zero-order valence-corrected chi connectivity index (χ0v) is 17.3. The van der Waals surface area contributed by atoms with Crippen LogP contribution in [0.3, 0.4) is 0 Å². The molecule has 0 aromatic rings. The minimum Gasteiger partial charge on any atom is -0.468 e. The van der Waals surface area contributed by atoms with E-state index < -0.39 is 25.4 Å². The number of rotatable bonds is 6. The van der Waals surface area contributed by atoms with E-state index in [9.17, 15) is 9.59 Å². The second-order valence-corrected chi connectivity index (χ2v) is 13.3. The molecule has 0 aromatic carbocycles. The van der Waals surface area contributed by atoms with Gasteiger partial charge in [0, 0.05) is 13.0 Å². The SMILES string of the molecule is COC(=O)C1(C(=O)OC)C/C(=C(/C)[Si](C)(C)C)C(OCC(C)C)C1. The summed E-state index contributed by atoms with van der Waals surface area (Å²) in [7, 11) is 1.04. The Labute approximate surface area is 146 Å². The molecule has 138 valence electrons. The van der Waals surface area contributed by atoms with Gasteiger partial charge in [0.15, 0.2) is 5.41 Å². The Morgan fingerprint density at radius 1 is 1.17 bits per heavy atom.